The fourth-order valence-electron chi connectivity index (χ4n) is 1.95. The van der Waals surface area contributed by atoms with Gasteiger partial charge in [0.2, 0.25) is 11.8 Å². The molecule has 1 aromatic rings. The third kappa shape index (κ3) is 3.75. The van der Waals surface area contributed by atoms with Crippen molar-refractivity contribution in [1.82, 2.24) is 4.90 Å². The van der Waals surface area contributed by atoms with Crippen LogP contribution in [0.25, 0.3) is 0 Å². The zero-order valence-electron chi connectivity index (χ0n) is 11.7. The maximum absolute atomic E-state index is 12.0. The number of carbonyl (C=O) groups is 2. The van der Waals surface area contributed by atoms with Crippen molar-refractivity contribution in [2.45, 2.75) is 25.5 Å². The number of benzene rings is 1. The summed E-state index contributed by atoms with van der Waals surface area (Å²) in [5.41, 5.74) is 1.51. The Morgan fingerprint density at radius 2 is 2.24 bits per heavy atom. The van der Waals surface area contributed by atoms with Crippen molar-refractivity contribution in [3.63, 3.8) is 0 Å². The van der Waals surface area contributed by atoms with Crippen LogP contribution >= 0.6 is 35.6 Å². The van der Waals surface area contributed by atoms with Gasteiger partial charge >= 0.3 is 0 Å². The lowest BCUT2D eigenvalue weighted by Crippen LogP contribution is -2.33. The molecule has 0 aromatic heterocycles. The van der Waals surface area contributed by atoms with E-state index in [-0.39, 0.29) is 23.5 Å². The maximum Gasteiger partial charge on any atom is 0.241 e. The molecule has 1 heterocycles. The first kappa shape index (κ1) is 16.3. The average Bonchev–Trinajstić information content (AvgIpc) is 2.67. The van der Waals surface area contributed by atoms with Crippen molar-refractivity contribution in [1.29, 1.82) is 0 Å². The highest BCUT2D eigenvalue weighted by Crippen LogP contribution is 2.27. The second-order valence-corrected chi connectivity index (χ2v) is 7.11. The van der Waals surface area contributed by atoms with Gasteiger partial charge in [0.1, 0.15) is 4.32 Å². The van der Waals surface area contributed by atoms with Crippen LogP contribution in [0, 0.1) is 6.92 Å². The minimum Gasteiger partial charge on any atom is -0.326 e. The van der Waals surface area contributed by atoms with E-state index in [0.717, 1.165) is 5.56 Å². The van der Waals surface area contributed by atoms with Crippen LogP contribution in [0.15, 0.2) is 18.2 Å². The Bertz CT molecular complexity index is 607. The molecule has 0 spiro atoms. The van der Waals surface area contributed by atoms with E-state index in [0.29, 0.717) is 21.6 Å². The molecule has 0 aliphatic carbocycles. The maximum atomic E-state index is 12.0. The molecule has 112 valence electrons. The molecule has 1 N–H and O–H groups in total. The average molecular weight is 343 g/mol. The lowest BCUT2D eigenvalue weighted by molar-refractivity contribution is -0.126. The van der Waals surface area contributed by atoms with Crippen molar-refractivity contribution < 1.29 is 9.59 Å². The molecule has 2 amide bonds. The van der Waals surface area contributed by atoms with E-state index in [4.69, 9.17) is 23.8 Å². The van der Waals surface area contributed by atoms with Crippen LogP contribution in [0.5, 0.6) is 0 Å². The zero-order valence-corrected chi connectivity index (χ0v) is 14.1. The highest BCUT2D eigenvalue weighted by Gasteiger charge is 2.33. The largest absolute Gasteiger partial charge is 0.326 e. The van der Waals surface area contributed by atoms with E-state index >= 15 is 0 Å². The molecule has 1 aliphatic heterocycles. The topological polar surface area (TPSA) is 49.4 Å². The molecule has 1 atom stereocenters. The number of thioether (sulfide) groups is 1. The Kier molecular flexibility index (Phi) is 5.24. The van der Waals surface area contributed by atoms with Crippen molar-refractivity contribution in [2.75, 3.05) is 11.9 Å². The summed E-state index contributed by atoms with van der Waals surface area (Å²) in [6.45, 7) is 3.96. The van der Waals surface area contributed by atoms with Crippen LogP contribution in [0.3, 0.4) is 0 Å². The predicted octanol–water partition coefficient (Wildman–Crippen LogP) is 3.23. The van der Waals surface area contributed by atoms with Gasteiger partial charge in [0.15, 0.2) is 0 Å². The van der Waals surface area contributed by atoms with Crippen LogP contribution < -0.4 is 5.32 Å². The molecule has 2 rings (SSSR count). The Balaban J connectivity index is 1.92. The quantitative estimate of drug-likeness (QED) is 0.853. The third-order valence-corrected chi connectivity index (χ3v) is 5.11. The van der Waals surface area contributed by atoms with Gasteiger partial charge in [-0.25, -0.2) is 0 Å². The number of hydrogen-bond donors (Lipinski definition) is 1. The van der Waals surface area contributed by atoms with Gasteiger partial charge in [-0.2, -0.15) is 0 Å². The summed E-state index contributed by atoms with van der Waals surface area (Å²) < 4.78 is 0.541. The Morgan fingerprint density at radius 1 is 1.52 bits per heavy atom. The summed E-state index contributed by atoms with van der Waals surface area (Å²) >= 11 is 12.5. The second kappa shape index (κ2) is 6.77. The lowest BCUT2D eigenvalue weighted by atomic mass is 10.2. The molecule has 0 bridgehead atoms. The fourth-order valence-corrected chi connectivity index (χ4v) is 3.57. The predicted molar refractivity (Wildman–Crippen MR) is 90.8 cm³/mol. The highest BCUT2D eigenvalue weighted by molar-refractivity contribution is 8.24. The van der Waals surface area contributed by atoms with Gasteiger partial charge in [-0.15, -0.1) is 0 Å². The number of thiocarbonyl (C=S) groups is 1. The standard InChI is InChI=1S/C14H15ClN2O2S2/c1-8-10(15)4-3-5-11(8)16-12(18)6-7-17-13(19)9(2)21-14(17)20/h3-5,9H,6-7H2,1-2H3,(H,16,18). The monoisotopic (exact) mass is 342 g/mol. The summed E-state index contributed by atoms with van der Waals surface area (Å²) in [5, 5.41) is 3.25. The number of rotatable bonds is 4. The second-order valence-electron chi connectivity index (χ2n) is 4.73. The molecule has 4 nitrogen and oxygen atoms in total. The molecule has 7 heteroatoms. The smallest absolute Gasteiger partial charge is 0.241 e. The number of carbonyl (C=O) groups excluding carboxylic acids is 2. The highest BCUT2D eigenvalue weighted by atomic mass is 35.5. The van der Waals surface area contributed by atoms with Crippen LogP contribution in [0.2, 0.25) is 5.02 Å². The summed E-state index contributed by atoms with van der Waals surface area (Å²) in [6, 6.07) is 5.34. The fraction of sp³-hybridized carbons (Fsp3) is 0.357. The van der Waals surface area contributed by atoms with Gasteiger partial charge in [0.05, 0.1) is 5.25 Å². The van der Waals surface area contributed by atoms with E-state index in [9.17, 15) is 9.59 Å². The van der Waals surface area contributed by atoms with Gasteiger partial charge in [-0.1, -0.05) is 41.6 Å². The third-order valence-electron chi connectivity index (χ3n) is 3.22. The van der Waals surface area contributed by atoms with Crippen molar-refractivity contribution in [2.24, 2.45) is 0 Å². The van der Waals surface area contributed by atoms with E-state index in [1.807, 2.05) is 13.8 Å². The number of amides is 2. The number of hydrogen-bond acceptors (Lipinski definition) is 4. The van der Waals surface area contributed by atoms with Crippen molar-refractivity contribution >= 4 is 57.4 Å². The first-order chi connectivity index (χ1) is 9.90. The molecule has 1 saturated heterocycles. The zero-order chi connectivity index (χ0) is 15.6. The number of nitrogens with one attached hydrogen (secondary N) is 1. The molecular formula is C14H15ClN2O2S2. The normalized spacial score (nSPS) is 18.2. The minimum atomic E-state index is -0.166. The van der Waals surface area contributed by atoms with E-state index < -0.39 is 0 Å². The molecule has 1 unspecified atom stereocenters. The van der Waals surface area contributed by atoms with Crippen LogP contribution in [0.1, 0.15) is 18.9 Å². The lowest BCUT2D eigenvalue weighted by Gasteiger charge is -2.15. The first-order valence-electron chi connectivity index (χ1n) is 6.47. The van der Waals surface area contributed by atoms with Crippen LogP contribution in [-0.4, -0.2) is 32.8 Å². The van der Waals surface area contributed by atoms with Gasteiger partial charge in [-0.3, -0.25) is 14.5 Å². The van der Waals surface area contributed by atoms with Crippen LogP contribution in [-0.2, 0) is 9.59 Å². The molecule has 21 heavy (non-hydrogen) atoms. The first-order valence-corrected chi connectivity index (χ1v) is 8.13. The molecule has 0 saturated carbocycles. The molecule has 1 aromatic carbocycles. The molecule has 0 radical (unpaired) electrons. The number of nitrogens with zero attached hydrogens (tertiary/aromatic N) is 1. The molecular weight excluding hydrogens is 328 g/mol. The summed E-state index contributed by atoms with van der Waals surface area (Å²) in [7, 11) is 0. The van der Waals surface area contributed by atoms with Crippen LogP contribution in [0.4, 0.5) is 5.69 Å². The van der Waals surface area contributed by atoms with E-state index in [2.05, 4.69) is 5.32 Å². The SMILES string of the molecule is Cc1c(Cl)cccc1NC(=O)CCN1C(=O)C(C)SC1=S. The van der Waals surface area contributed by atoms with Gasteiger partial charge in [0, 0.05) is 23.7 Å². The Labute approximate surface area is 138 Å². The van der Waals surface area contributed by atoms with E-state index in [1.165, 1.54) is 16.7 Å². The number of halogens is 1. The van der Waals surface area contributed by atoms with Crippen molar-refractivity contribution in [3.8, 4) is 0 Å². The summed E-state index contributed by atoms with van der Waals surface area (Å²) in [5.74, 6) is -0.197. The summed E-state index contributed by atoms with van der Waals surface area (Å²) in [4.78, 5) is 25.3. The number of anilines is 1. The summed E-state index contributed by atoms with van der Waals surface area (Å²) in [6.07, 6.45) is 0.200. The van der Waals surface area contributed by atoms with Gasteiger partial charge in [-0.05, 0) is 31.5 Å². The van der Waals surface area contributed by atoms with Gasteiger partial charge in [0.25, 0.3) is 0 Å². The molecule has 1 aliphatic rings. The molecule has 1 fully saturated rings. The van der Waals surface area contributed by atoms with Crippen molar-refractivity contribution in [3.05, 3.63) is 28.8 Å². The Hall–Kier alpha value is -1.11. The Morgan fingerprint density at radius 3 is 2.86 bits per heavy atom. The van der Waals surface area contributed by atoms with Gasteiger partial charge < -0.3 is 5.32 Å². The minimum absolute atomic E-state index is 0.0308. The van der Waals surface area contributed by atoms with E-state index in [1.54, 1.807) is 18.2 Å².